The Morgan fingerprint density at radius 2 is 2.25 bits per heavy atom. The lowest BCUT2D eigenvalue weighted by Gasteiger charge is -2.24. The Morgan fingerprint density at radius 1 is 1.29 bits per heavy atom. The Balaban J connectivity index is 1.70. The van der Waals surface area contributed by atoms with Gasteiger partial charge in [0.2, 0.25) is 0 Å². The summed E-state index contributed by atoms with van der Waals surface area (Å²) < 4.78 is 21.6. The minimum Gasteiger partial charge on any atom is -0.374 e. The summed E-state index contributed by atoms with van der Waals surface area (Å²) in [7, 11) is 0. The van der Waals surface area contributed by atoms with Crippen LogP contribution in [0.1, 0.15) is 18.4 Å². The van der Waals surface area contributed by atoms with Crippen molar-refractivity contribution in [2.24, 2.45) is 4.99 Å². The molecule has 28 heavy (non-hydrogen) atoms. The fourth-order valence-electron chi connectivity index (χ4n) is 4.00. The van der Waals surface area contributed by atoms with Gasteiger partial charge in [-0.1, -0.05) is 6.08 Å². The van der Waals surface area contributed by atoms with E-state index in [1.165, 1.54) is 11.6 Å². The number of hydrogen-bond donors (Lipinski definition) is 2. The van der Waals surface area contributed by atoms with Gasteiger partial charge in [0.25, 0.3) is 0 Å². The molecule has 2 N–H and O–H groups in total. The second-order valence-electron chi connectivity index (χ2n) is 7.18. The highest BCUT2D eigenvalue weighted by Crippen LogP contribution is 2.28. The van der Waals surface area contributed by atoms with Crippen molar-refractivity contribution in [2.45, 2.75) is 25.5 Å². The number of allylic oxidation sites excluding steroid dienone is 4. The fourth-order valence-corrected chi connectivity index (χ4v) is 4.00. The van der Waals surface area contributed by atoms with E-state index in [2.05, 4.69) is 25.9 Å². The van der Waals surface area contributed by atoms with Gasteiger partial charge < -0.3 is 19.6 Å². The highest BCUT2D eigenvalue weighted by molar-refractivity contribution is 5.88. The van der Waals surface area contributed by atoms with Crippen LogP contribution >= 0.6 is 0 Å². The number of nitrogens with zero attached hydrogens (tertiary/aromatic N) is 3. The fraction of sp³-hybridized carbons (Fsp3) is 0.333. The topological polar surface area (TPSA) is 67.2 Å². The molecule has 6 nitrogen and oxygen atoms in total. The summed E-state index contributed by atoms with van der Waals surface area (Å²) in [4.78, 5) is 12.4. The molecule has 4 heterocycles. The van der Waals surface area contributed by atoms with Gasteiger partial charge in [0.1, 0.15) is 11.6 Å². The summed E-state index contributed by atoms with van der Waals surface area (Å²) in [6.07, 6.45) is 12.0. The van der Waals surface area contributed by atoms with Crippen molar-refractivity contribution < 1.29 is 9.13 Å². The van der Waals surface area contributed by atoms with Gasteiger partial charge in [0, 0.05) is 37.5 Å². The van der Waals surface area contributed by atoms with Gasteiger partial charge in [-0.2, -0.15) is 0 Å². The van der Waals surface area contributed by atoms with Crippen LogP contribution in [-0.2, 0) is 11.3 Å². The summed E-state index contributed by atoms with van der Waals surface area (Å²) in [6, 6.07) is 2.06. The van der Waals surface area contributed by atoms with Crippen LogP contribution in [0, 0.1) is 0 Å². The van der Waals surface area contributed by atoms with Gasteiger partial charge in [0.15, 0.2) is 0 Å². The lowest BCUT2D eigenvalue weighted by molar-refractivity contribution is 0.0177. The molecule has 1 aliphatic carbocycles. The number of aromatic nitrogens is 3. The zero-order chi connectivity index (χ0) is 18.9. The number of aromatic amines is 1. The number of hydrogen-bond acceptors (Lipinski definition) is 4. The molecule has 5 rings (SSSR count). The van der Waals surface area contributed by atoms with Crippen molar-refractivity contribution in [2.75, 3.05) is 19.7 Å². The number of halogens is 1. The summed E-state index contributed by atoms with van der Waals surface area (Å²) in [5.41, 5.74) is 3.29. The standard InChI is InChI=1S/C21H22FN5O/c22-15-3-1-14(2-4-15)19-20(17-5-7-24-21-18(17)6-8-25-21)27(13-26-19)12-16-11-23-9-10-28-16/h1,3-4,6-8,13,16,23,25H,2,5,9-12H2. The van der Waals surface area contributed by atoms with Crippen LogP contribution in [-0.4, -0.2) is 46.6 Å². The van der Waals surface area contributed by atoms with E-state index in [1.54, 1.807) is 6.08 Å². The molecule has 1 saturated heterocycles. The van der Waals surface area contributed by atoms with E-state index in [9.17, 15) is 4.39 Å². The highest BCUT2D eigenvalue weighted by Gasteiger charge is 2.19. The van der Waals surface area contributed by atoms with E-state index in [-0.39, 0.29) is 11.9 Å². The Labute approximate surface area is 161 Å². The first-order valence-corrected chi connectivity index (χ1v) is 9.63. The van der Waals surface area contributed by atoms with Gasteiger partial charge >= 0.3 is 0 Å². The van der Waals surface area contributed by atoms with Crippen LogP contribution in [0.25, 0.3) is 11.1 Å². The Bertz CT molecular complexity index is 1100. The van der Waals surface area contributed by atoms with Crippen molar-refractivity contribution in [3.8, 4) is 0 Å². The Kier molecular flexibility index (Phi) is 4.54. The maximum Gasteiger partial charge on any atom is 0.137 e. The maximum absolute atomic E-state index is 13.5. The van der Waals surface area contributed by atoms with Gasteiger partial charge in [-0.3, -0.25) is 0 Å². The molecule has 0 saturated carbocycles. The molecule has 1 fully saturated rings. The number of H-pyrrole nitrogens is 1. The van der Waals surface area contributed by atoms with Crippen LogP contribution < -0.4 is 16.0 Å². The molecule has 0 aromatic carbocycles. The first-order valence-electron chi connectivity index (χ1n) is 9.63. The molecule has 0 bridgehead atoms. The SMILES string of the molecule is FC1=CCC(=c2ncn(CC3CNCCO3)c2=C2CC=Nc3[nH]ccc32)C=C1. The second kappa shape index (κ2) is 7.33. The third-order valence-electron chi connectivity index (χ3n) is 5.36. The number of imidazole rings is 1. The molecule has 1 atom stereocenters. The van der Waals surface area contributed by atoms with E-state index in [4.69, 9.17) is 9.72 Å². The normalized spacial score (nSPS) is 25.6. The molecule has 0 amide bonds. The highest BCUT2D eigenvalue weighted by atomic mass is 19.1. The van der Waals surface area contributed by atoms with Crippen LogP contribution in [0.2, 0.25) is 0 Å². The molecule has 0 radical (unpaired) electrons. The lowest BCUT2D eigenvalue weighted by Crippen LogP contribution is -2.43. The van der Waals surface area contributed by atoms with Crippen molar-refractivity contribution in [1.82, 2.24) is 19.9 Å². The largest absolute Gasteiger partial charge is 0.374 e. The second-order valence-corrected chi connectivity index (χ2v) is 7.18. The molecular weight excluding hydrogens is 357 g/mol. The molecule has 1 unspecified atom stereocenters. The lowest BCUT2D eigenvalue weighted by atomic mass is 10.0. The average molecular weight is 379 g/mol. The quantitative estimate of drug-likeness (QED) is 0.830. The Hall–Kier alpha value is -2.77. The van der Waals surface area contributed by atoms with E-state index in [0.29, 0.717) is 6.42 Å². The number of ether oxygens (including phenoxy) is 1. The third kappa shape index (κ3) is 3.16. The van der Waals surface area contributed by atoms with Crippen molar-refractivity contribution in [3.05, 3.63) is 58.9 Å². The summed E-state index contributed by atoms with van der Waals surface area (Å²) in [5, 5.41) is 5.35. The molecule has 2 aromatic heterocycles. The summed E-state index contributed by atoms with van der Waals surface area (Å²) >= 11 is 0. The molecule has 7 heteroatoms. The first kappa shape index (κ1) is 17.3. The van der Waals surface area contributed by atoms with Crippen LogP contribution in [0.3, 0.4) is 0 Å². The number of nitrogens with one attached hydrogen (secondary N) is 2. The van der Waals surface area contributed by atoms with Crippen LogP contribution in [0.4, 0.5) is 10.2 Å². The number of aliphatic imine (C=N–C) groups is 1. The molecule has 144 valence electrons. The van der Waals surface area contributed by atoms with E-state index in [0.717, 1.165) is 60.3 Å². The zero-order valence-electron chi connectivity index (χ0n) is 15.5. The van der Waals surface area contributed by atoms with Crippen LogP contribution in [0.15, 0.2) is 47.6 Å². The van der Waals surface area contributed by atoms with Gasteiger partial charge in [-0.15, -0.1) is 0 Å². The molecular formula is C21H22FN5O. The van der Waals surface area contributed by atoms with Gasteiger partial charge in [-0.25, -0.2) is 14.4 Å². The Morgan fingerprint density at radius 3 is 3.07 bits per heavy atom. The number of rotatable bonds is 2. The molecule has 0 spiro atoms. The minimum atomic E-state index is -0.197. The maximum atomic E-state index is 13.5. The van der Waals surface area contributed by atoms with E-state index < -0.39 is 0 Å². The van der Waals surface area contributed by atoms with Crippen molar-refractivity contribution in [1.29, 1.82) is 0 Å². The summed E-state index contributed by atoms with van der Waals surface area (Å²) in [5.74, 6) is 0.669. The molecule has 2 aliphatic heterocycles. The molecule has 3 aliphatic rings. The number of morpholine rings is 1. The first-order chi connectivity index (χ1) is 13.8. The van der Waals surface area contributed by atoms with Gasteiger partial charge in [-0.05, 0) is 35.8 Å². The third-order valence-corrected chi connectivity index (χ3v) is 5.36. The van der Waals surface area contributed by atoms with Gasteiger partial charge in [0.05, 0.1) is 36.3 Å². The number of fused-ring (bicyclic) bond motifs is 1. The monoisotopic (exact) mass is 379 g/mol. The van der Waals surface area contributed by atoms with E-state index in [1.807, 2.05) is 24.8 Å². The van der Waals surface area contributed by atoms with Crippen LogP contribution in [0.5, 0.6) is 0 Å². The molecule has 2 aromatic rings. The van der Waals surface area contributed by atoms with Crippen molar-refractivity contribution in [3.63, 3.8) is 0 Å². The smallest absolute Gasteiger partial charge is 0.137 e. The van der Waals surface area contributed by atoms with E-state index >= 15 is 0 Å². The zero-order valence-corrected chi connectivity index (χ0v) is 15.5. The predicted molar refractivity (Wildman–Crippen MR) is 107 cm³/mol. The minimum absolute atomic E-state index is 0.0994. The predicted octanol–water partition coefficient (Wildman–Crippen LogP) is 1.47. The van der Waals surface area contributed by atoms with Crippen molar-refractivity contribution >= 4 is 23.2 Å². The summed E-state index contributed by atoms with van der Waals surface area (Å²) in [6.45, 7) is 3.15. The average Bonchev–Trinajstić information content (AvgIpc) is 3.36.